The standard InChI is InChI=1S/C21H36O10/c1-5-21(4,8-6-7-11(2)3)31-20-18(27)16(25)15(24)13(30-20)10-29-19-17(26)14(23)12(22)9-28-19/h5,7,12-20,22-27H,1,6,8-10H2,2-4H3/t12-,13-,14-,15-,16-,17-,18-,19+,20+,21?/m1/s1. The zero-order valence-electron chi connectivity index (χ0n) is 18.2. The molecule has 2 heterocycles. The number of aliphatic hydroxyl groups excluding tert-OH is 6. The Bertz CT molecular complexity index is 609. The van der Waals surface area contributed by atoms with Gasteiger partial charge in [0.1, 0.15) is 42.7 Å². The highest BCUT2D eigenvalue weighted by Gasteiger charge is 2.47. The van der Waals surface area contributed by atoms with Gasteiger partial charge >= 0.3 is 0 Å². The maximum Gasteiger partial charge on any atom is 0.187 e. The molecule has 10 heteroatoms. The first kappa shape index (κ1) is 26.3. The fraction of sp³-hybridized carbons (Fsp3) is 0.810. The summed E-state index contributed by atoms with van der Waals surface area (Å²) in [6, 6.07) is 0. The van der Waals surface area contributed by atoms with Crippen molar-refractivity contribution in [1.29, 1.82) is 0 Å². The van der Waals surface area contributed by atoms with Gasteiger partial charge in [-0.25, -0.2) is 0 Å². The molecular weight excluding hydrogens is 412 g/mol. The third-order valence-electron chi connectivity index (χ3n) is 5.56. The van der Waals surface area contributed by atoms with E-state index in [9.17, 15) is 30.6 Å². The highest BCUT2D eigenvalue weighted by molar-refractivity contribution is 5.00. The normalized spacial score (nSPS) is 40.7. The summed E-state index contributed by atoms with van der Waals surface area (Å²) in [7, 11) is 0. The van der Waals surface area contributed by atoms with E-state index in [0.29, 0.717) is 12.8 Å². The van der Waals surface area contributed by atoms with Gasteiger partial charge in [0, 0.05) is 0 Å². The van der Waals surface area contributed by atoms with Crippen molar-refractivity contribution in [3.8, 4) is 0 Å². The minimum Gasteiger partial charge on any atom is -0.388 e. The maximum atomic E-state index is 10.3. The monoisotopic (exact) mass is 448 g/mol. The van der Waals surface area contributed by atoms with Crippen LogP contribution in [0.15, 0.2) is 24.3 Å². The molecule has 0 amide bonds. The van der Waals surface area contributed by atoms with E-state index in [1.165, 1.54) is 0 Å². The molecule has 6 N–H and O–H groups in total. The van der Waals surface area contributed by atoms with Crippen molar-refractivity contribution < 1.29 is 49.6 Å². The molecular formula is C21H36O10. The molecule has 2 aliphatic heterocycles. The molecule has 0 bridgehead atoms. The first-order valence-electron chi connectivity index (χ1n) is 10.4. The first-order chi connectivity index (χ1) is 14.5. The van der Waals surface area contributed by atoms with Crippen LogP contribution in [0.2, 0.25) is 0 Å². The average Bonchev–Trinajstić information content (AvgIpc) is 2.72. The van der Waals surface area contributed by atoms with Crippen molar-refractivity contribution in [2.45, 2.75) is 94.5 Å². The molecule has 0 radical (unpaired) electrons. The van der Waals surface area contributed by atoms with E-state index in [-0.39, 0.29) is 13.2 Å². The highest BCUT2D eigenvalue weighted by atomic mass is 16.7. The summed E-state index contributed by atoms with van der Waals surface area (Å²) in [5, 5.41) is 60.1. The van der Waals surface area contributed by atoms with Crippen LogP contribution >= 0.6 is 0 Å². The smallest absolute Gasteiger partial charge is 0.187 e. The molecule has 0 aliphatic carbocycles. The van der Waals surface area contributed by atoms with Crippen LogP contribution in [-0.4, -0.2) is 105 Å². The molecule has 180 valence electrons. The minimum atomic E-state index is -1.57. The predicted octanol–water partition coefficient (Wildman–Crippen LogP) is -1.04. The van der Waals surface area contributed by atoms with Crippen LogP contribution in [0.5, 0.6) is 0 Å². The Hall–Kier alpha value is -0.920. The van der Waals surface area contributed by atoms with E-state index < -0.39 is 60.9 Å². The van der Waals surface area contributed by atoms with Crippen molar-refractivity contribution in [2.75, 3.05) is 13.2 Å². The molecule has 2 saturated heterocycles. The summed E-state index contributed by atoms with van der Waals surface area (Å²) >= 11 is 0. The Morgan fingerprint density at radius 1 is 1.00 bits per heavy atom. The van der Waals surface area contributed by atoms with E-state index >= 15 is 0 Å². The highest BCUT2D eigenvalue weighted by Crippen LogP contribution is 2.30. The Morgan fingerprint density at radius 3 is 2.26 bits per heavy atom. The fourth-order valence-corrected chi connectivity index (χ4v) is 3.39. The van der Waals surface area contributed by atoms with Gasteiger partial charge in [0.2, 0.25) is 0 Å². The molecule has 2 fully saturated rings. The maximum absolute atomic E-state index is 10.3. The molecule has 0 saturated carbocycles. The van der Waals surface area contributed by atoms with Gasteiger partial charge in [0.05, 0.1) is 18.8 Å². The van der Waals surface area contributed by atoms with Crippen LogP contribution in [0.4, 0.5) is 0 Å². The number of rotatable bonds is 9. The lowest BCUT2D eigenvalue weighted by atomic mass is 9.96. The summed E-state index contributed by atoms with van der Waals surface area (Å²) < 4.78 is 22.1. The summed E-state index contributed by atoms with van der Waals surface area (Å²) in [4.78, 5) is 0. The molecule has 2 aliphatic rings. The predicted molar refractivity (Wildman–Crippen MR) is 109 cm³/mol. The first-order valence-corrected chi connectivity index (χ1v) is 10.4. The van der Waals surface area contributed by atoms with Crippen molar-refractivity contribution in [3.05, 3.63) is 24.3 Å². The molecule has 1 unspecified atom stereocenters. The average molecular weight is 449 g/mol. The second kappa shape index (κ2) is 11.3. The van der Waals surface area contributed by atoms with Crippen molar-refractivity contribution >= 4 is 0 Å². The lowest BCUT2D eigenvalue weighted by molar-refractivity contribution is -0.333. The van der Waals surface area contributed by atoms with E-state index in [1.807, 2.05) is 19.9 Å². The SMILES string of the molecule is C=CC(C)(CCC=C(C)C)O[C@@H]1O[C@H](CO[C@@H]2OC[C@@H](O)[C@@H](O)[C@H]2O)[C@@H](O)[C@@H](O)[C@H]1O. The van der Waals surface area contributed by atoms with Crippen LogP contribution in [0.25, 0.3) is 0 Å². The van der Waals surface area contributed by atoms with E-state index in [4.69, 9.17) is 18.9 Å². The van der Waals surface area contributed by atoms with Gasteiger partial charge in [-0.15, -0.1) is 6.58 Å². The van der Waals surface area contributed by atoms with Gasteiger partial charge in [-0.1, -0.05) is 17.7 Å². The molecule has 31 heavy (non-hydrogen) atoms. The van der Waals surface area contributed by atoms with Crippen molar-refractivity contribution in [1.82, 2.24) is 0 Å². The lowest BCUT2D eigenvalue weighted by Gasteiger charge is -2.43. The van der Waals surface area contributed by atoms with Crippen LogP contribution < -0.4 is 0 Å². The van der Waals surface area contributed by atoms with E-state index in [2.05, 4.69) is 6.58 Å². The second-order valence-corrected chi connectivity index (χ2v) is 8.55. The summed E-state index contributed by atoms with van der Waals surface area (Å²) in [5.41, 5.74) is 0.286. The fourth-order valence-electron chi connectivity index (χ4n) is 3.39. The summed E-state index contributed by atoms with van der Waals surface area (Å²) in [6.07, 6.45) is -7.54. The number of hydrogen-bond acceptors (Lipinski definition) is 10. The molecule has 0 spiro atoms. The van der Waals surface area contributed by atoms with Gasteiger partial charge in [-0.3, -0.25) is 0 Å². The minimum absolute atomic E-state index is 0.243. The van der Waals surface area contributed by atoms with Gasteiger partial charge < -0.3 is 49.6 Å². The van der Waals surface area contributed by atoms with Crippen LogP contribution in [0.3, 0.4) is 0 Å². The molecule has 10 nitrogen and oxygen atoms in total. The Labute approximate surface area is 182 Å². The van der Waals surface area contributed by atoms with Crippen molar-refractivity contribution in [2.24, 2.45) is 0 Å². The van der Waals surface area contributed by atoms with Gasteiger partial charge in [-0.2, -0.15) is 0 Å². The summed E-state index contributed by atoms with van der Waals surface area (Å²) in [5.74, 6) is 0. The van der Waals surface area contributed by atoms with E-state index in [1.54, 1.807) is 13.0 Å². The quantitative estimate of drug-likeness (QED) is 0.241. The lowest BCUT2D eigenvalue weighted by Crippen LogP contribution is -2.61. The molecule has 0 aromatic carbocycles. The zero-order chi connectivity index (χ0) is 23.3. The van der Waals surface area contributed by atoms with Crippen LogP contribution in [0.1, 0.15) is 33.6 Å². The topological polar surface area (TPSA) is 158 Å². The number of hydrogen-bond donors (Lipinski definition) is 6. The van der Waals surface area contributed by atoms with Gasteiger partial charge in [-0.05, 0) is 33.6 Å². The Balaban J connectivity index is 2.01. The van der Waals surface area contributed by atoms with Gasteiger partial charge in [0.15, 0.2) is 12.6 Å². The number of ether oxygens (including phenoxy) is 4. The summed E-state index contributed by atoms with van der Waals surface area (Å²) in [6.45, 7) is 8.94. The van der Waals surface area contributed by atoms with Crippen molar-refractivity contribution in [3.63, 3.8) is 0 Å². The number of allylic oxidation sites excluding steroid dienone is 2. The largest absolute Gasteiger partial charge is 0.388 e. The molecule has 0 aromatic heterocycles. The van der Waals surface area contributed by atoms with Crippen LogP contribution in [0, 0.1) is 0 Å². The molecule has 10 atom stereocenters. The second-order valence-electron chi connectivity index (χ2n) is 8.55. The third-order valence-corrected chi connectivity index (χ3v) is 5.56. The Morgan fingerprint density at radius 2 is 1.65 bits per heavy atom. The van der Waals surface area contributed by atoms with Gasteiger partial charge in [0.25, 0.3) is 0 Å². The Kier molecular flexibility index (Phi) is 9.58. The molecule has 0 aromatic rings. The molecule has 2 rings (SSSR count). The van der Waals surface area contributed by atoms with E-state index in [0.717, 1.165) is 5.57 Å². The zero-order valence-corrected chi connectivity index (χ0v) is 18.2. The van der Waals surface area contributed by atoms with Crippen LogP contribution in [-0.2, 0) is 18.9 Å². The number of aliphatic hydroxyl groups is 6. The third kappa shape index (κ3) is 6.78.